The summed E-state index contributed by atoms with van der Waals surface area (Å²) in [7, 11) is 0. The second-order valence-corrected chi connectivity index (χ2v) is 4.13. The van der Waals surface area contributed by atoms with Gasteiger partial charge >= 0.3 is 0 Å². The molecule has 0 saturated heterocycles. The Morgan fingerprint density at radius 3 is 1.82 bits per heavy atom. The molecule has 4 nitrogen and oxygen atoms in total. The predicted molar refractivity (Wildman–Crippen MR) is 64.7 cm³/mol. The van der Waals surface area contributed by atoms with Crippen LogP contribution >= 0.6 is 0 Å². The highest BCUT2D eigenvalue weighted by Gasteiger charge is 2.14. The lowest BCUT2D eigenvalue weighted by Crippen LogP contribution is -2.10. The Hall–Kier alpha value is -1.71. The SMILES string of the molecule is CC(C)Oc1cccc(OC(C)C)c1OC=O. The maximum atomic E-state index is 10.5. The van der Waals surface area contributed by atoms with E-state index in [9.17, 15) is 4.79 Å². The van der Waals surface area contributed by atoms with E-state index in [0.29, 0.717) is 23.7 Å². The second kappa shape index (κ2) is 6.13. The number of carbonyl (C=O) groups is 1. The molecule has 4 heteroatoms. The van der Waals surface area contributed by atoms with Gasteiger partial charge in [-0.1, -0.05) is 6.07 Å². The van der Waals surface area contributed by atoms with Gasteiger partial charge in [-0.2, -0.15) is 0 Å². The molecule has 0 aliphatic heterocycles. The predicted octanol–water partition coefficient (Wildman–Crippen LogP) is 2.80. The number of hydrogen-bond acceptors (Lipinski definition) is 4. The van der Waals surface area contributed by atoms with E-state index in [-0.39, 0.29) is 12.2 Å². The van der Waals surface area contributed by atoms with Crippen LogP contribution in [-0.2, 0) is 4.79 Å². The Bertz CT molecular complexity index is 343. The summed E-state index contributed by atoms with van der Waals surface area (Å²) in [6.45, 7) is 7.98. The van der Waals surface area contributed by atoms with E-state index >= 15 is 0 Å². The number of ether oxygens (including phenoxy) is 3. The molecule has 0 bridgehead atoms. The Morgan fingerprint density at radius 1 is 1.00 bits per heavy atom. The Kier molecular flexibility index (Phi) is 4.82. The Labute approximate surface area is 101 Å². The van der Waals surface area contributed by atoms with Crippen LogP contribution in [0.4, 0.5) is 0 Å². The van der Waals surface area contributed by atoms with Crippen molar-refractivity contribution >= 4 is 6.47 Å². The van der Waals surface area contributed by atoms with Gasteiger partial charge in [-0.3, -0.25) is 4.79 Å². The summed E-state index contributed by atoms with van der Waals surface area (Å²) >= 11 is 0. The second-order valence-electron chi connectivity index (χ2n) is 4.13. The summed E-state index contributed by atoms with van der Waals surface area (Å²) in [4.78, 5) is 10.5. The number of benzene rings is 1. The molecule has 0 atom stereocenters. The molecule has 94 valence electrons. The van der Waals surface area contributed by atoms with Crippen molar-refractivity contribution in [1.82, 2.24) is 0 Å². The third kappa shape index (κ3) is 3.98. The van der Waals surface area contributed by atoms with Gasteiger partial charge in [-0.15, -0.1) is 0 Å². The summed E-state index contributed by atoms with van der Waals surface area (Å²) in [6, 6.07) is 5.28. The fourth-order valence-electron chi connectivity index (χ4n) is 1.35. The Balaban J connectivity index is 3.06. The molecular formula is C13H18O4. The fourth-order valence-corrected chi connectivity index (χ4v) is 1.35. The van der Waals surface area contributed by atoms with Gasteiger partial charge in [0, 0.05) is 0 Å². The topological polar surface area (TPSA) is 44.8 Å². The molecule has 17 heavy (non-hydrogen) atoms. The molecule has 0 aromatic heterocycles. The summed E-state index contributed by atoms with van der Waals surface area (Å²) in [5.74, 6) is 1.33. The summed E-state index contributed by atoms with van der Waals surface area (Å²) in [6.07, 6.45) is -0.00314. The van der Waals surface area contributed by atoms with Crippen LogP contribution in [-0.4, -0.2) is 18.7 Å². The number of rotatable bonds is 6. The van der Waals surface area contributed by atoms with E-state index in [2.05, 4.69) is 0 Å². The minimum atomic E-state index is -0.00157. The molecule has 0 N–H and O–H groups in total. The zero-order valence-electron chi connectivity index (χ0n) is 10.6. The van der Waals surface area contributed by atoms with E-state index in [4.69, 9.17) is 14.2 Å². The van der Waals surface area contributed by atoms with Gasteiger partial charge in [-0.05, 0) is 39.8 Å². The molecule has 0 amide bonds. The van der Waals surface area contributed by atoms with Gasteiger partial charge in [0.25, 0.3) is 6.47 Å². The molecular weight excluding hydrogens is 220 g/mol. The highest BCUT2D eigenvalue weighted by Crippen LogP contribution is 2.37. The number of hydrogen-bond donors (Lipinski definition) is 0. The lowest BCUT2D eigenvalue weighted by atomic mass is 10.3. The number of carbonyl (C=O) groups excluding carboxylic acids is 1. The highest BCUT2D eigenvalue weighted by molar-refractivity contribution is 5.57. The quantitative estimate of drug-likeness (QED) is 0.715. The Morgan fingerprint density at radius 2 is 1.47 bits per heavy atom. The summed E-state index contributed by atoms with van der Waals surface area (Å²) < 4.78 is 16.1. The standard InChI is InChI=1S/C13H18O4/c1-9(2)16-11-6-5-7-12(17-10(3)4)13(11)15-8-14/h5-10H,1-4H3. The van der Waals surface area contributed by atoms with Crippen molar-refractivity contribution in [3.05, 3.63) is 18.2 Å². The largest absolute Gasteiger partial charge is 0.487 e. The van der Waals surface area contributed by atoms with E-state index in [0.717, 1.165) is 0 Å². The van der Waals surface area contributed by atoms with Crippen LogP contribution in [0.3, 0.4) is 0 Å². The van der Waals surface area contributed by atoms with Gasteiger partial charge < -0.3 is 14.2 Å². The third-order valence-corrected chi connectivity index (χ3v) is 1.83. The minimum Gasteiger partial charge on any atom is -0.487 e. The van der Waals surface area contributed by atoms with E-state index in [1.807, 2.05) is 27.7 Å². The van der Waals surface area contributed by atoms with Crippen molar-refractivity contribution in [3.63, 3.8) is 0 Å². The highest BCUT2D eigenvalue weighted by atomic mass is 16.6. The monoisotopic (exact) mass is 238 g/mol. The van der Waals surface area contributed by atoms with Crippen LogP contribution in [0.25, 0.3) is 0 Å². The van der Waals surface area contributed by atoms with Crippen molar-refractivity contribution in [2.24, 2.45) is 0 Å². The zero-order chi connectivity index (χ0) is 12.8. The molecule has 0 heterocycles. The van der Waals surface area contributed by atoms with Gasteiger partial charge in [0.05, 0.1) is 12.2 Å². The van der Waals surface area contributed by atoms with Gasteiger partial charge in [0.2, 0.25) is 5.75 Å². The van der Waals surface area contributed by atoms with Gasteiger partial charge in [0.1, 0.15) is 0 Å². The molecule has 0 spiro atoms. The smallest absolute Gasteiger partial charge is 0.298 e. The average molecular weight is 238 g/mol. The first-order valence-electron chi connectivity index (χ1n) is 5.61. The molecule has 0 aliphatic rings. The first-order valence-corrected chi connectivity index (χ1v) is 5.61. The average Bonchev–Trinajstić information content (AvgIpc) is 2.21. The number of para-hydroxylation sites is 1. The van der Waals surface area contributed by atoms with Crippen molar-refractivity contribution in [3.8, 4) is 17.2 Å². The minimum absolute atomic E-state index is 0.00157. The fraction of sp³-hybridized carbons (Fsp3) is 0.462. The van der Waals surface area contributed by atoms with Crippen LogP contribution in [0, 0.1) is 0 Å². The van der Waals surface area contributed by atoms with Crippen LogP contribution in [0.15, 0.2) is 18.2 Å². The van der Waals surface area contributed by atoms with Gasteiger partial charge in [0.15, 0.2) is 11.5 Å². The van der Waals surface area contributed by atoms with E-state index in [1.165, 1.54) is 0 Å². The first-order chi connectivity index (χ1) is 8.04. The molecule has 1 aromatic rings. The maximum absolute atomic E-state index is 10.5. The van der Waals surface area contributed by atoms with Crippen LogP contribution in [0.2, 0.25) is 0 Å². The summed E-state index contributed by atoms with van der Waals surface area (Å²) in [5.41, 5.74) is 0. The van der Waals surface area contributed by atoms with Crippen molar-refractivity contribution in [2.45, 2.75) is 39.9 Å². The van der Waals surface area contributed by atoms with E-state index in [1.54, 1.807) is 18.2 Å². The molecule has 0 fully saturated rings. The van der Waals surface area contributed by atoms with Gasteiger partial charge in [-0.25, -0.2) is 0 Å². The molecule has 0 unspecified atom stereocenters. The lowest BCUT2D eigenvalue weighted by molar-refractivity contribution is -0.121. The van der Waals surface area contributed by atoms with Crippen LogP contribution < -0.4 is 14.2 Å². The summed E-state index contributed by atoms with van der Waals surface area (Å²) in [5, 5.41) is 0. The molecule has 1 aromatic carbocycles. The van der Waals surface area contributed by atoms with Crippen molar-refractivity contribution < 1.29 is 19.0 Å². The molecule has 0 saturated carbocycles. The van der Waals surface area contributed by atoms with Crippen LogP contribution in [0.1, 0.15) is 27.7 Å². The maximum Gasteiger partial charge on any atom is 0.298 e. The van der Waals surface area contributed by atoms with Crippen molar-refractivity contribution in [1.29, 1.82) is 0 Å². The first kappa shape index (κ1) is 13.4. The van der Waals surface area contributed by atoms with E-state index < -0.39 is 0 Å². The molecule has 0 aliphatic carbocycles. The zero-order valence-corrected chi connectivity index (χ0v) is 10.6. The van der Waals surface area contributed by atoms with Crippen molar-refractivity contribution in [2.75, 3.05) is 0 Å². The normalized spacial score (nSPS) is 10.5. The molecule has 0 radical (unpaired) electrons. The van der Waals surface area contributed by atoms with Crippen LogP contribution in [0.5, 0.6) is 17.2 Å². The molecule has 1 rings (SSSR count). The third-order valence-electron chi connectivity index (χ3n) is 1.83. The lowest BCUT2D eigenvalue weighted by Gasteiger charge is -2.17.